The number of hydrogen-bond acceptors (Lipinski definition) is 10. The molecule has 1 amide bonds. The molecule has 0 aliphatic carbocycles. The van der Waals surface area contributed by atoms with Crippen molar-refractivity contribution < 1.29 is 66.5 Å². The summed E-state index contributed by atoms with van der Waals surface area (Å²) in [6, 6.07) is 8.45. The van der Waals surface area contributed by atoms with Crippen molar-refractivity contribution in [3.8, 4) is 0 Å². The molecule has 0 aromatic heterocycles. The Morgan fingerprint density at radius 2 is 1.46 bits per heavy atom. The van der Waals surface area contributed by atoms with E-state index in [9.17, 15) is 48.1 Å². The van der Waals surface area contributed by atoms with Crippen LogP contribution in [0.15, 0.2) is 30.3 Å². The van der Waals surface area contributed by atoms with Crippen molar-refractivity contribution in [1.29, 1.82) is 0 Å². The highest BCUT2D eigenvalue weighted by molar-refractivity contribution is 7.74. The number of nitrogens with zero attached hydrogens (tertiary/aromatic N) is 1. The number of nitrogens with one attached hydrogen (secondary N) is 1. The molecule has 2 aliphatic rings. The lowest BCUT2D eigenvalue weighted by Crippen LogP contribution is -2.66. The topological polar surface area (TPSA) is 223 Å². The number of fused-ring (bicyclic) bond motifs is 1. The van der Waals surface area contributed by atoms with Crippen molar-refractivity contribution in [3.05, 3.63) is 35.9 Å². The van der Waals surface area contributed by atoms with Crippen molar-refractivity contribution in [2.24, 2.45) is 23.7 Å². The standard InChI is InChI=1S/C38H65BN2O13P2/c1-27(2)20-31(23-36(44)52-26-30-12-9-8-10-13-30)37(45)40-34(22-29(5)6)35(43)24-32(21-28(3)4)39-41(16-18-53-39,17-19-54-39)15-11-14-33(42)25-38(46,55(7,47)48)56(49,50)51/h8-10,12-13,27-29,31-32,34,46H,11,14-26H2,1-7H3,(H,40,45)(H,47,48)(H2,49,50,51)/t31-,32-,34+,38?,39?,41?/m1/s1. The highest BCUT2D eigenvalue weighted by atomic mass is 31.2. The highest BCUT2D eigenvalue weighted by Crippen LogP contribution is 2.69. The fraction of sp³-hybridized carbons (Fsp3) is 0.737. The van der Waals surface area contributed by atoms with Crippen molar-refractivity contribution in [3.63, 3.8) is 0 Å². The normalized spacial score (nSPS) is 23.6. The number of ether oxygens (including phenoxy) is 1. The van der Waals surface area contributed by atoms with Crippen LogP contribution in [-0.2, 0) is 49.0 Å². The van der Waals surface area contributed by atoms with E-state index in [1.54, 1.807) is 0 Å². The first-order chi connectivity index (χ1) is 25.9. The SMILES string of the molecule is CC(C)C[C@H](CC(=O)OCc1ccccc1)C(=O)N[C@@H](CC(C)C)C(=O)C[C@@H](CC(C)C)[B-]12OCC[N+]1(CCCC(=O)CC(O)(P(C)(=O)O)P(=O)(O)O)CCO2. The van der Waals surface area contributed by atoms with Gasteiger partial charge in [-0.15, -0.1) is 0 Å². The number of benzene rings is 1. The Labute approximate surface area is 331 Å². The molecule has 2 saturated heterocycles. The first-order valence-electron chi connectivity index (χ1n) is 19.9. The molecule has 0 saturated carbocycles. The molecule has 2 aliphatic heterocycles. The van der Waals surface area contributed by atoms with Crippen molar-refractivity contribution in [1.82, 2.24) is 5.32 Å². The molecule has 0 spiro atoms. The van der Waals surface area contributed by atoms with Crippen molar-refractivity contribution >= 4 is 45.1 Å². The maximum Gasteiger partial charge on any atom is 0.476 e. The Bertz CT molecular complexity index is 1560. The molecule has 18 heteroatoms. The average molecular weight is 831 g/mol. The van der Waals surface area contributed by atoms with E-state index in [4.69, 9.17) is 14.0 Å². The first-order valence-corrected chi connectivity index (χ1v) is 23.6. The van der Waals surface area contributed by atoms with Gasteiger partial charge in [-0.3, -0.25) is 28.3 Å². The second-order valence-electron chi connectivity index (χ2n) is 17.3. The average Bonchev–Trinajstić information content (AvgIpc) is 3.61. The predicted octanol–water partition coefficient (Wildman–Crippen LogP) is 4.97. The Kier molecular flexibility index (Phi) is 17.3. The van der Waals surface area contributed by atoms with Gasteiger partial charge in [0.2, 0.25) is 18.4 Å². The summed E-state index contributed by atoms with van der Waals surface area (Å²) in [7, 11) is -10.3. The van der Waals surface area contributed by atoms with Crippen LogP contribution in [0.2, 0.25) is 5.82 Å². The van der Waals surface area contributed by atoms with Gasteiger partial charge in [-0.1, -0.05) is 78.3 Å². The van der Waals surface area contributed by atoms with E-state index < -0.39 is 56.9 Å². The molecule has 5 N–H and O–H groups in total. The van der Waals surface area contributed by atoms with E-state index in [0.717, 1.165) is 5.56 Å². The van der Waals surface area contributed by atoms with Gasteiger partial charge in [-0.05, 0) is 54.8 Å². The summed E-state index contributed by atoms with van der Waals surface area (Å²) in [5.74, 6) is -2.60. The van der Waals surface area contributed by atoms with E-state index in [-0.39, 0.29) is 67.6 Å². The van der Waals surface area contributed by atoms with Gasteiger partial charge in [-0.2, -0.15) is 0 Å². The molecule has 318 valence electrons. The van der Waals surface area contributed by atoms with Crippen LogP contribution >= 0.6 is 15.0 Å². The molecule has 2 heterocycles. The zero-order chi connectivity index (χ0) is 42.1. The van der Waals surface area contributed by atoms with Crippen LogP contribution in [-0.4, -0.2) is 105 Å². The summed E-state index contributed by atoms with van der Waals surface area (Å²) in [5, 5.41) is 10.1. The third-order valence-electron chi connectivity index (χ3n) is 11.2. The lowest BCUT2D eigenvalue weighted by molar-refractivity contribution is -0.823. The fourth-order valence-corrected chi connectivity index (χ4v) is 11.3. The van der Waals surface area contributed by atoms with Crippen LogP contribution in [0.4, 0.5) is 0 Å². The number of ketones is 2. The van der Waals surface area contributed by atoms with Crippen LogP contribution < -0.4 is 5.32 Å². The van der Waals surface area contributed by atoms with Crippen molar-refractivity contribution in [2.45, 2.75) is 116 Å². The smallest absolute Gasteiger partial charge is 0.476 e. The van der Waals surface area contributed by atoms with Gasteiger partial charge < -0.3 is 43.5 Å². The summed E-state index contributed by atoms with van der Waals surface area (Å²) < 4.78 is 43.1. The number of carbonyl (C=O) groups excluding carboxylic acids is 4. The summed E-state index contributed by atoms with van der Waals surface area (Å²) >= 11 is 0. The number of aliphatic hydroxyl groups is 1. The molecular formula is C38H65BN2O13P2. The van der Waals surface area contributed by atoms with E-state index >= 15 is 0 Å². The summed E-state index contributed by atoms with van der Waals surface area (Å²) in [4.78, 5) is 83.3. The van der Waals surface area contributed by atoms with E-state index in [2.05, 4.69) is 5.32 Å². The lowest BCUT2D eigenvalue weighted by Gasteiger charge is -2.51. The molecule has 15 nitrogen and oxygen atoms in total. The van der Waals surface area contributed by atoms with E-state index in [1.807, 2.05) is 71.9 Å². The fourth-order valence-electron chi connectivity index (χ4n) is 8.49. The zero-order valence-electron chi connectivity index (χ0n) is 34.1. The lowest BCUT2D eigenvalue weighted by atomic mass is 9.51. The molecule has 2 unspecified atom stereocenters. The summed E-state index contributed by atoms with van der Waals surface area (Å²) in [5.41, 5.74) is 0.835. The van der Waals surface area contributed by atoms with Crippen LogP contribution in [0.3, 0.4) is 0 Å². The van der Waals surface area contributed by atoms with Gasteiger partial charge in [0.25, 0.3) is 0 Å². The van der Waals surface area contributed by atoms with Gasteiger partial charge >= 0.3 is 20.3 Å². The second-order valence-corrected chi connectivity index (χ2v) is 22.0. The maximum atomic E-state index is 14.4. The largest absolute Gasteiger partial charge is 0.509 e. The van der Waals surface area contributed by atoms with Gasteiger partial charge in [0.15, 0.2) is 5.78 Å². The van der Waals surface area contributed by atoms with Crippen LogP contribution in [0, 0.1) is 23.7 Å². The minimum absolute atomic E-state index is 0.0559. The molecular weight excluding hydrogens is 765 g/mol. The number of esters is 1. The molecule has 0 bridgehead atoms. The quantitative estimate of drug-likeness (QED) is 0.0528. The third kappa shape index (κ3) is 12.4. The molecule has 1 aromatic carbocycles. The van der Waals surface area contributed by atoms with Gasteiger partial charge in [0, 0.05) is 25.5 Å². The molecule has 56 heavy (non-hydrogen) atoms. The Morgan fingerprint density at radius 3 is 1.98 bits per heavy atom. The summed E-state index contributed by atoms with van der Waals surface area (Å²) in [6.07, 6.45) is 0.140. The molecule has 1 aromatic rings. The van der Waals surface area contributed by atoms with E-state index in [1.165, 1.54) is 0 Å². The number of hydrogen-bond donors (Lipinski definition) is 5. The first kappa shape index (κ1) is 48.1. The van der Waals surface area contributed by atoms with Gasteiger partial charge in [0.1, 0.15) is 12.4 Å². The van der Waals surface area contributed by atoms with Gasteiger partial charge in [-0.25, -0.2) is 0 Å². The van der Waals surface area contributed by atoms with Crippen LogP contribution in [0.1, 0.15) is 98.5 Å². The number of Topliss-reactive ketones (excluding diaryl/α,β-unsaturated/α-hetero) is 2. The Morgan fingerprint density at radius 1 is 0.893 bits per heavy atom. The van der Waals surface area contributed by atoms with Crippen LogP contribution in [0.5, 0.6) is 0 Å². The molecule has 5 atom stereocenters. The maximum absolute atomic E-state index is 14.4. The number of quaternary nitrogens is 1. The Hall–Kier alpha value is -2.26. The minimum atomic E-state index is -5.54. The zero-order valence-corrected chi connectivity index (χ0v) is 35.9. The van der Waals surface area contributed by atoms with Gasteiger partial charge in [0.05, 0.1) is 45.2 Å². The number of amides is 1. The minimum Gasteiger partial charge on any atom is -0.509 e. The van der Waals surface area contributed by atoms with Crippen LogP contribution in [0.25, 0.3) is 0 Å². The number of carbonyl (C=O) groups is 4. The number of rotatable bonds is 24. The molecule has 3 rings (SSSR count). The highest BCUT2D eigenvalue weighted by Gasteiger charge is 2.63. The van der Waals surface area contributed by atoms with Crippen molar-refractivity contribution in [2.75, 3.05) is 39.5 Å². The third-order valence-corrected chi connectivity index (χ3v) is 15.7. The molecule has 0 radical (unpaired) electrons. The van der Waals surface area contributed by atoms with E-state index in [0.29, 0.717) is 63.2 Å². The summed E-state index contributed by atoms with van der Waals surface area (Å²) in [6.45, 7) is 12.7. The molecule has 2 fully saturated rings. The second kappa shape index (κ2) is 20.1. The monoisotopic (exact) mass is 830 g/mol. The Balaban J connectivity index is 1.78. The predicted molar refractivity (Wildman–Crippen MR) is 212 cm³/mol.